The van der Waals surface area contributed by atoms with Gasteiger partial charge in [-0.05, 0) is 25.3 Å². The molecule has 3 rings (SSSR count). The number of nitro benzene ring substituents is 1. The van der Waals surface area contributed by atoms with Gasteiger partial charge >= 0.3 is 0 Å². The Morgan fingerprint density at radius 3 is 3.00 bits per heavy atom. The molecule has 7 nitrogen and oxygen atoms in total. The number of rotatable bonds is 3. The quantitative estimate of drug-likeness (QED) is 0.683. The average molecular weight is 287 g/mol. The van der Waals surface area contributed by atoms with E-state index in [4.69, 9.17) is 5.73 Å². The van der Waals surface area contributed by atoms with Crippen LogP contribution in [0.5, 0.6) is 0 Å². The molecule has 1 aromatic carbocycles. The molecule has 0 saturated carbocycles. The standard InChI is InChI=1S/C14H17N5O2/c15-8-11-3-1-2-6-18(11)14-12-7-10(19(20)21)4-5-13(12)16-9-17-14/h4-5,7,9,11H,1-3,6,8,15H2. The molecule has 1 fully saturated rings. The number of nitrogens with two attached hydrogens (primary N) is 1. The van der Waals surface area contributed by atoms with E-state index in [-0.39, 0.29) is 11.7 Å². The molecular formula is C14H17N5O2. The van der Waals surface area contributed by atoms with Gasteiger partial charge < -0.3 is 10.6 Å². The lowest BCUT2D eigenvalue weighted by atomic mass is 10.0. The summed E-state index contributed by atoms with van der Waals surface area (Å²) in [7, 11) is 0. The van der Waals surface area contributed by atoms with Gasteiger partial charge in [0.05, 0.1) is 10.4 Å². The van der Waals surface area contributed by atoms with E-state index in [1.807, 2.05) is 0 Å². The van der Waals surface area contributed by atoms with Gasteiger partial charge in [0.25, 0.3) is 5.69 Å². The Morgan fingerprint density at radius 2 is 2.24 bits per heavy atom. The van der Waals surface area contributed by atoms with Crippen LogP contribution in [-0.2, 0) is 0 Å². The molecule has 0 aliphatic carbocycles. The Labute approximate surface area is 121 Å². The molecular weight excluding hydrogens is 270 g/mol. The molecule has 1 aliphatic heterocycles. The minimum Gasteiger partial charge on any atom is -0.352 e. The number of hydrogen-bond donors (Lipinski definition) is 1. The van der Waals surface area contributed by atoms with Gasteiger partial charge in [-0.15, -0.1) is 0 Å². The van der Waals surface area contributed by atoms with E-state index >= 15 is 0 Å². The van der Waals surface area contributed by atoms with Gasteiger partial charge in [0.15, 0.2) is 0 Å². The van der Waals surface area contributed by atoms with Crippen LogP contribution < -0.4 is 10.6 Å². The van der Waals surface area contributed by atoms with Crippen molar-refractivity contribution in [2.75, 3.05) is 18.0 Å². The van der Waals surface area contributed by atoms with Gasteiger partial charge in [-0.25, -0.2) is 9.97 Å². The molecule has 1 aliphatic rings. The number of anilines is 1. The molecule has 2 heterocycles. The molecule has 21 heavy (non-hydrogen) atoms. The minimum absolute atomic E-state index is 0.0554. The summed E-state index contributed by atoms with van der Waals surface area (Å²) in [6.07, 6.45) is 4.76. The zero-order valence-electron chi connectivity index (χ0n) is 11.6. The lowest BCUT2D eigenvalue weighted by Crippen LogP contribution is -2.44. The van der Waals surface area contributed by atoms with E-state index in [0.717, 1.165) is 31.6 Å². The second-order valence-electron chi connectivity index (χ2n) is 5.23. The molecule has 0 radical (unpaired) electrons. The van der Waals surface area contributed by atoms with Crippen LogP contribution in [0.3, 0.4) is 0 Å². The maximum Gasteiger partial charge on any atom is 0.270 e. The average Bonchev–Trinajstić information content (AvgIpc) is 2.53. The fourth-order valence-corrected chi connectivity index (χ4v) is 2.90. The SMILES string of the molecule is NCC1CCCCN1c1ncnc2ccc([N+](=O)[O-])cc12. The zero-order chi connectivity index (χ0) is 14.8. The summed E-state index contributed by atoms with van der Waals surface area (Å²) in [5.74, 6) is 0.749. The number of hydrogen-bond acceptors (Lipinski definition) is 6. The van der Waals surface area contributed by atoms with Crippen molar-refractivity contribution in [3.63, 3.8) is 0 Å². The minimum atomic E-state index is -0.396. The molecule has 110 valence electrons. The van der Waals surface area contributed by atoms with Crippen LogP contribution >= 0.6 is 0 Å². The van der Waals surface area contributed by atoms with Gasteiger partial charge in [0.1, 0.15) is 12.1 Å². The topological polar surface area (TPSA) is 98.2 Å². The van der Waals surface area contributed by atoms with Crippen LogP contribution in [0.25, 0.3) is 10.9 Å². The van der Waals surface area contributed by atoms with Crippen LogP contribution in [0.4, 0.5) is 11.5 Å². The highest BCUT2D eigenvalue weighted by atomic mass is 16.6. The Morgan fingerprint density at radius 1 is 1.38 bits per heavy atom. The smallest absolute Gasteiger partial charge is 0.270 e. The molecule has 2 N–H and O–H groups in total. The Hall–Kier alpha value is -2.28. The maximum atomic E-state index is 11.0. The van der Waals surface area contributed by atoms with E-state index in [2.05, 4.69) is 14.9 Å². The molecule has 2 aromatic rings. The first-order chi connectivity index (χ1) is 10.2. The maximum absolute atomic E-state index is 11.0. The van der Waals surface area contributed by atoms with Crippen molar-refractivity contribution in [2.45, 2.75) is 25.3 Å². The number of nitro groups is 1. The molecule has 1 unspecified atom stereocenters. The zero-order valence-corrected chi connectivity index (χ0v) is 11.6. The summed E-state index contributed by atoms with van der Waals surface area (Å²) in [6.45, 7) is 1.43. The number of piperidine rings is 1. The fourth-order valence-electron chi connectivity index (χ4n) is 2.90. The summed E-state index contributed by atoms with van der Waals surface area (Å²) in [6, 6.07) is 4.92. The van der Waals surface area contributed by atoms with Crippen molar-refractivity contribution in [3.05, 3.63) is 34.6 Å². The lowest BCUT2D eigenvalue weighted by Gasteiger charge is -2.36. The van der Waals surface area contributed by atoms with Crippen molar-refractivity contribution in [1.82, 2.24) is 9.97 Å². The van der Waals surface area contributed by atoms with E-state index < -0.39 is 4.92 Å². The van der Waals surface area contributed by atoms with Crippen LogP contribution in [0.2, 0.25) is 0 Å². The highest BCUT2D eigenvalue weighted by Crippen LogP contribution is 2.30. The molecule has 0 spiro atoms. The van der Waals surface area contributed by atoms with Gasteiger partial charge in [-0.3, -0.25) is 10.1 Å². The molecule has 7 heteroatoms. The summed E-state index contributed by atoms with van der Waals surface area (Å²) in [4.78, 5) is 21.3. The second kappa shape index (κ2) is 5.61. The summed E-state index contributed by atoms with van der Waals surface area (Å²) >= 11 is 0. The second-order valence-corrected chi connectivity index (χ2v) is 5.23. The summed E-state index contributed by atoms with van der Waals surface area (Å²) < 4.78 is 0. The third-order valence-corrected chi connectivity index (χ3v) is 3.98. The van der Waals surface area contributed by atoms with Crippen molar-refractivity contribution < 1.29 is 4.92 Å². The lowest BCUT2D eigenvalue weighted by molar-refractivity contribution is -0.384. The van der Waals surface area contributed by atoms with Crippen molar-refractivity contribution in [3.8, 4) is 0 Å². The third kappa shape index (κ3) is 2.52. The largest absolute Gasteiger partial charge is 0.352 e. The Bertz CT molecular complexity index is 675. The molecule has 1 atom stereocenters. The van der Waals surface area contributed by atoms with Crippen LogP contribution in [-0.4, -0.2) is 34.0 Å². The van der Waals surface area contributed by atoms with Gasteiger partial charge in [-0.1, -0.05) is 0 Å². The predicted molar refractivity (Wildman–Crippen MR) is 80.2 cm³/mol. The van der Waals surface area contributed by atoms with Crippen LogP contribution in [0.15, 0.2) is 24.5 Å². The number of nitrogens with zero attached hydrogens (tertiary/aromatic N) is 4. The monoisotopic (exact) mass is 287 g/mol. The fraction of sp³-hybridized carbons (Fsp3) is 0.429. The Balaban J connectivity index is 2.12. The van der Waals surface area contributed by atoms with Crippen molar-refractivity contribution in [1.29, 1.82) is 0 Å². The normalized spacial score (nSPS) is 18.9. The van der Waals surface area contributed by atoms with Crippen LogP contribution in [0, 0.1) is 10.1 Å². The van der Waals surface area contributed by atoms with Gasteiger partial charge in [0.2, 0.25) is 0 Å². The van der Waals surface area contributed by atoms with Crippen molar-refractivity contribution in [2.24, 2.45) is 5.73 Å². The van der Waals surface area contributed by atoms with E-state index in [9.17, 15) is 10.1 Å². The van der Waals surface area contributed by atoms with Gasteiger partial charge in [0, 0.05) is 36.7 Å². The molecule has 1 aromatic heterocycles. The van der Waals surface area contributed by atoms with E-state index in [1.54, 1.807) is 12.1 Å². The van der Waals surface area contributed by atoms with E-state index in [0.29, 0.717) is 17.4 Å². The first kappa shape index (κ1) is 13.7. The first-order valence-corrected chi connectivity index (χ1v) is 7.06. The molecule has 1 saturated heterocycles. The molecule has 0 bridgehead atoms. The predicted octanol–water partition coefficient (Wildman–Crippen LogP) is 1.86. The number of benzene rings is 1. The van der Waals surface area contributed by atoms with Crippen molar-refractivity contribution >= 4 is 22.4 Å². The van der Waals surface area contributed by atoms with Crippen LogP contribution in [0.1, 0.15) is 19.3 Å². The number of fused-ring (bicyclic) bond motifs is 1. The highest BCUT2D eigenvalue weighted by Gasteiger charge is 2.24. The molecule has 0 amide bonds. The number of aromatic nitrogens is 2. The number of non-ortho nitro benzene ring substituents is 1. The Kier molecular flexibility index (Phi) is 3.66. The summed E-state index contributed by atoms with van der Waals surface area (Å²) in [5, 5.41) is 11.7. The first-order valence-electron chi connectivity index (χ1n) is 7.06. The van der Waals surface area contributed by atoms with Gasteiger partial charge in [-0.2, -0.15) is 0 Å². The third-order valence-electron chi connectivity index (χ3n) is 3.98. The highest BCUT2D eigenvalue weighted by molar-refractivity contribution is 5.91. The summed E-state index contributed by atoms with van der Waals surface area (Å²) in [5.41, 5.74) is 6.63. The van der Waals surface area contributed by atoms with E-state index in [1.165, 1.54) is 12.4 Å².